The fraction of sp³-hybridized carbons (Fsp3) is 0.238. The van der Waals surface area contributed by atoms with E-state index in [1.807, 2.05) is 0 Å². The number of carbonyl (C=O) groups is 2. The van der Waals surface area contributed by atoms with Crippen molar-refractivity contribution in [1.82, 2.24) is 4.90 Å². The Morgan fingerprint density at radius 3 is 2.83 bits per heavy atom. The molecule has 5 nitrogen and oxygen atoms in total. The van der Waals surface area contributed by atoms with Crippen molar-refractivity contribution in [3.05, 3.63) is 71.3 Å². The Balaban J connectivity index is 1.85. The number of hydrogen-bond acceptors (Lipinski definition) is 3. The third kappa shape index (κ3) is 4.56. The number of nitrogens with zero attached hydrogens (tertiary/aromatic N) is 1. The number of halogens is 3. The molecule has 1 aliphatic heterocycles. The van der Waals surface area contributed by atoms with Gasteiger partial charge in [0.1, 0.15) is 18.3 Å². The second-order valence-corrected chi connectivity index (χ2v) is 6.89. The van der Waals surface area contributed by atoms with E-state index in [-0.39, 0.29) is 18.2 Å². The molecule has 0 bridgehead atoms. The molecule has 0 radical (unpaired) electrons. The summed E-state index contributed by atoms with van der Waals surface area (Å²) in [5, 5.41) is 2.34. The number of anilines is 1. The van der Waals surface area contributed by atoms with Gasteiger partial charge in [0.2, 0.25) is 11.8 Å². The fourth-order valence-electron chi connectivity index (χ4n) is 3.32. The van der Waals surface area contributed by atoms with Gasteiger partial charge in [0.25, 0.3) is 0 Å². The summed E-state index contributed by atoms with van der Waals surface area (Å²) in [6.07, 6.45) is 1.63. The van der Waals surface area contributed by atoms with Crippen LogP contribution >= 0.6 is 11.6 Å². The summed E-state index contributed by atoms with van der Waals surface area (Å²) in [5.74, 6) is -4.29. The van der Waals surface area contributed by atoms with Crippen LogP contribution in [0.25, 0.3) is 0 Å². The topological polar surface area (TPSA) is 58.6 Å². The van der Waals surface area contributed by atoms with E-state index in [9.17, 15) is 18.4 Å². The summed E-state index contributed by atoms with van der Waals surface area (Å²) in [6.45, 7) is 0.590. The molecule has 1 fully saturated rings. The minimum Gasteiger partial charge on any atom is -0.489 e. The number of carbonyl (C=O) groups excluding carboxylic acids is 2. The molecule has 1 saturated heterocycles. The lowest BCUT2D eigenvalue weighted by atomic mass is 9.87. The van der Waals surface area contributed by atoms with Crippen molar-refractivity contribution in [3.8, 4) is 5.75 Å². The lowest BCUT2D eigenvalue weighted by Gasteiger charge is -2.18. The van der Waals surface area contributed by atoms with Crippen LogP contribution in [0.2, 0.25) is 0 Å². The van der Waals surface area contributed by atoms with Gasteiger partial charge < -0.3 is 15.0 Å². The molecule has 29 heavy (non-hydrogen) atoms. The first-order valence-corrected chi connectivity index (χ1v) is 9.34. The molecule has 1 aliphatic rings. The molecule has 2 aromatic rings. The minimum atomic E-state index is -1.17. The van der Waals surface area contributed by atoms with Crippen molar-refractivity contribution in [1.29, 1.82) is 0 Å². The van der Waals surface area contributed by atoms with Crippen LogP contribution in [-0.4, -0.2) is 36.9 Å². The van der Waals surface area contributed by atoms with Crippen molar-refractivity contribution >= 4 is 29.1 Å². The predicted molar refractivity (Wildman–Crippen MR) is 106 cm³/mol. The first-order chi connectivity index (χ1) is 13.9. The Labute approximate surface area is 171 Å². The third-order valence-electron chi connectivity index (χ3n) is 4.73. The number of likely N-dealkylation sites (N-methyl/N-ethyl adjacent to an activating group) is 1. The van der Waals surface area contributed by atoms with Crippen molar-refractivity contribution in [3.63, 3.8) is 0 Å². The molecule has 0 saturated carbocycles. The van der Waals surface area contributed by atoms with Crippen molar-refractivity contribution in [2.45, 2.75) is 5.92 Å². The quantitative estimate of drug-likeness (QED) is 0.721. The van der Waals surface area contributed by atoms with Gasteiger partial charge in [-0.25, -0.2) is 8.78 Å². The van der Waals surface area contributed by atoms with E-state index in [1.54, 1.807) is 37.4 Å². The molecule has 2 atom stereocenters. The Bertz CT molecular complexity index is 951. The van der Waals surface area contributed by atoms with Crippen molar-refractivity contribution < 1.29 is 23.1 Å². The Hall–Kier alpha value is -2.93. The van der Waals surface area contributed by atoms with Crippen LogP contribution in [0.15, 0.2) is 54.1 Å². The molecule has 1 heterocycles. The molecule has 1 N–H and O–H groups in total. The normalized spacial score (nSPS) is 19.0. The summed E-state index contributed by atoms with van der Waals surface area (Å²) in [5.41, 5.74) is 1.77. The maximum absolute atomic E-state index is 13.9. The van der Waals surface area contributed by atoms with E-state index < -0.39 is 29.4 Å². The van der Waals surface area contributed by atoms with E-state index in [2.05, 4.69) is 5.32 Å². The number of likely N-dealkylation sites (tertiary alicyclic amines) is 1. The van der Waals surface area contributed by atoms with Crippen LogP contribution in [-0.2, 0) is 9.59 Å². The SMILES string of the molecule is CN1CC(c2cccc(OC/C=C/Cl)c2)C(C(=O)Nc2cccc(F)c2F)C1=O. The molecule has 3 rings (SSSR count). The lowest BCUT2D eigenvalue weighted by molar-refractivity contribution is -0.135. The molecular formula is C21H19ClF2N2O3. The number of amides is 2. The highest BCUT2D eigenvalue weighted by molar-refractivity contribution is 6.25. The molecule has 152 valence electrons. The zero-order valence-corrected chi connectivity index (χ0v) is 16.3. The molecular weight excluding hydrogens is 402 g/mol. The molecule has 2 amide bonds. The maximum Gasteiger partial charge on any atom is 0.237 e. The van der Waals surface area contributed by atoms with Crippen LogP contribution in [0, 0.1) is 17.6 Å². The highest BCUT2D eigenvalue weighted by Crippen LogP contribution is 2.35. The molecule has 0 aromatic heterocycles. The van der Waals surface area contributed by atoms with E-state index in [0.29, 0.717) is 12.3 Å². The van der Waals surface area contributed by atoms with Gasteiger partial charge in [-0.3, -0.25) is 9.59 Å². The first-order valence-electron chi connectivity index (χ1n) is 8.90. The zero-order valence-electron chi connectivity index (χ0n) is 15.6. The Morgan fingerprint density at radius 1 is 1.31 bits per heavy atom. The lowest BCUT2D eigenvalue weighted by Crippen LogP contribution is -2.33. The molecule has 0 aliphatic carbocycles. The average molecular weight is 421 g/mol. The second kappa shape index (κ2) is 9.05. The monoisotopic (exact) mass is 420 g/mol. The highest BCUT2D eigenvalue weighted by Gasteiger charge is 2.44. The molecule has 0 spiro atoms. The molecule has 8 heteroatoms. The number of ether oxygens (including phenoxy) is 1. The van der Waals surface area contributed by atoms with Crippen LogP contribution in [0.1, 0.15) is 11.5 Å². The van der Waals surface area contributed by atoms with Gasteiger partial charge in [0, 0.05) is 25.0 Å². The zero-order chi connectivity index (χ0) is 21.0. The van der Waals surface area contributed by atoms with Crippen LogP contribution in [0.4, 0.5) is 14.5 Å². The van der Waals surface area contributed by atoms with E-state index in [4.69, 9.17) is 16.3 Å². The van der Waals surface area contributed by atoms with Gasteiger partial charge in [0.15, 0.2) is 11.6 Å². The summed E-state index contributed by atoms with van der Waals surface area (Å²) < 4.78 is 32.9. The minimum absolute atomic E-state index is 0.277. The predicted octanol–water partition coefficient (Wildman–Crippen LogP) is 3.91. The van der Waals surface area contributed by atoms with Gasteiger partial charge in [0.05, 0.1) is 5.69 Å². The Morgan fingerprint density at radius 2 is 2.07 bits per heavy atom. The van der Waals surface area contributed by atoms with Gasteiger partial charge in [-0.05, 0) is 35.9 Å². The van der Waals surface area contributed by atoms with E-state index in [1.165, 1.54) is 22.6 Å². The van der Waals surface area contributed by atoms with E-state index >= 15 is 0 Å². The summed E-state index contributed by atoms with van der Waals surface area (Å²) in [6, 6.07) is 10.5. The van der Waals surface area contributed by atoms with Gasteiger partial charge >= 0.3 is 0 Å². The maximum atomic E-state index is 13.9. The number of hydrogen-bond donors (Lipinski definition) is 1. The highest BCUT2D eigenvalue weighted by atomic mass is 35.5. The van der Waals surface area contributed by atoms with Crippen LogP contribution in [0.5, 0.6) is 5.75 Å². The van der Waals surface area contributed by atoms with Crippen LogP contribution in [0.3, 0.4) is 0 Å². The fourth-order valence-corrected chi connectivity index (χ4v) is 3.39. The van der Waals surface area contributed by atoms with Gasteiger partial charge in [-0.15, -0.1) is 0 Å². The largest absolute Gasteiger partial charge is 0.489 e. The number of rotatable bonds is 6. The standard InChI is InChI=1S/C21H19ClF2N2O3/c1-26-12-15(13-5-2-6-14(11-13)29-10-4-9-22)18(21(26)28)20(27)25-17-8-3-7-16(23)19(17)24/h2-9,11,15,18H,10,12H2,1H3,(H,25,27)/b9-4+. The smallest absolute Gasteiger partial charge is 0.237 e. The first kappa shape index (κ1) is 20.8. The third-order valence-corrected chi connectivity index (χ3v) is 4.91. The van der Waals surface area contributed by atoms with Crippen molar-refractivity contribution in [2.75, 3.05) is 25.5 Å². The van der Waals surface area contributed by atoms with Crippen LogP contribution < -0.4 is 10.1 Å². The van der Waals surface area contributed by atoms with E-state index in [0.717, 1.165) is 11.6 Å². The molecule has 2 unspecified atom stereocenters. The number of nitrogens with one attached hydrogen (secondary N) is 1. The summed E-state index contributed by atoms with van der Waals surface area (Å²) >= 11 is 5.48. The molecule has 2 aromatic carbocycles. The summed E-state index contributed by atoms with van der Waals surface area (Å²) in [4.78, 5) is 26.9. The Kier molecular flexibility index (Phi) is 6.49. The van der Waals surface area contributed by atoms with Gasteiger partial charge in [-0.1, -0.05) is 29.8 Å². The number of benzene rings is 2. The summed E-state index contributed by atoms with van der Waals surface area (Å²) in [7, 11) is 1.59. The van der Waals surface area contributed by atoms with Crippen molar-refractivity contribution in [2.24, 2.45) is 5.92 Å². The van der Waals surface area contributed by atoms with Gasteiger partial charge in [-0.2, -0.15) is 0 Å². The second-order valence-electron chi connectivity index (χ2n) is 6.64. The average Bonchev–Trinajstić information content (AvgIpc) is 3.01.